The number of carbonyl (C=O) groups is 1. The Morgan fingerprint density at radius 1 is 1.05 bits per heavy atom. The van der Waals surface area contributed by atoms with Gasteiger partial charge >= 0.3 is 0 Å². The summed E-state index contributed by atoms with van der Waals surface area (Å²) in [5, 5.41) is 21.5. The van der Waals surface area contributed by atoms with Crippen molar-refractivity contribution < 1.29 is 9.53 Å². The fraction of sp³-hybridized carbons (Fsp3) is 0.214. The monoisotopic (exact) mass is 508 g/mol. The number of H-pyrrole nitrogens is 1. The molecule has 1 amide bonds. The molecule has 0 bridgehead atoms. The average Bonchev–Trinajstić information content (AvgIpc) is 3.64. The number of ether oxygens (including phenoxy) is 1. The number of aromatic nitrogens is 2. The molecule has 4 heterocycles. The predicted octanol–water partition coefficient (Wildman–Crippen LogP) is 3.10. The van der Waals surface area contributed by atoms with E-state index in [2.05, 4.69) is 42.8 Å². The number of nitrogens with one attached hydrogen (secondary N) is 4. The number of benzene rings is 2. The van der Waals surface area contributed by atoms with Gasteiger partial charge < -0.3 is 25.2 Å². The molecule has 0 atom stereocenters. The van der Waals surface area contributed by atoms with Gasteiger partial charge in [0, 0.05) is 61.5 Å². The molecular weight excluding hydrogens is 480 g/mol. The van der Waals surface area contributed by atoms with E-state index in [4.69, 9.17) is 15.1 Å². The number of hydrogen-bond acceptors (Lipinski definition) is 8. The van der Waals surface area contributed by atoms with Crippen LogP contribution in [0.5, 0.6) is 0 Å². The van der Waals surface area contributed by atoms with Crippen molar-refractivity contribution in [3.05, 3.63) is 95.6 Å². The Bertz CT molecular complexity index is 1430. The van der Waals surface area contributed by atoms with Crippen LogP contribution in [0, 0.1) is 5.41 Å². The third kappa shape index (κ3) is 5.07. The number of morpholine rings is 1. The molecule has 192 valence electrons. The number of amidine groups is 1. The van der Waals surface area contributed by atoms with Crippen molar-refractivity contribution >= 4 is 34.5 Å². The van der Waals surface area contributed by atoms with E-state index in [1.165, 1.54) is 17.2 Å². The van der Waals surface area contributed by atoms with Crippen LogP contribution in [0.3, 0.4) is 0 Å². The van der Waals surface area contributed by atoms with Gasteiger partial charge in [-0.15, -0.1) is 0 Å². The molecule has 1 saturated heterocycles. The molecule has 0 spiro atoms. The lowest BCUT2D eigenvalue weighted by atomic mass is 10.1. The number of anilines is 2. The van der Waals surface area contributed by atoms with Crippen molar-refractivity contribution in [2.75, 3.05) is 36.5 Å². The van der Waals surface area contributed by atoms with E-state index in [1.807, 2.05) is 42.5 Å². The second kappa shape index (κ2) is 10.3. The second-order valence-corrected chi connectivity index (χ2v) is 9.31. The van der Waals surface area contributed by atoms with Crippen molar-refractivity contribution in [2.24, 2.45) is 4.99 Å². The van der Waals surface area contributed by atoms with Gasteiger partial charge in [0.25, 0.3) is 5.91 Å². The Hall–Kier alpha value is -4.70. The largest absolute Gasteiger partial charge is 0.378 e. The highest BCUT2D eigenvalue weighted by Crippen LogP contribution is 2.26. The maximum Gasteiger partial charge on any atom is 0.273 e. The van der Waals surface area contributed by atoms with Gasteiger partial charge in [0.15, 0.2) is 0 Å². The van der Waals surface area contributed by atoms with Gasteiger partial charge in [-0.2, -0.15) is 5.10 Å². The molecule has 1 aromatic heterocycles. The molecule has 0 saturated carbocycles. The summed E-state index contributed by atoms with van der Waals surface area (Å²) in [5.74, 6) is 0.661. The number of nitrogens with zero attached hydrogens (tertiary/aromatic N) is 4. The molecule has 0 unspecified atom stereocenters. The number of aromatic amines is 1. The van der Waals surface area contributed by atoms with Crippen molar-refractivity contribution in [3.8, 4) is 0 Å². The van der Waals surface area contributed by atoms with Gasteiger partial charge in [0.1, 0.15) is 17.4 Å². The normalized spacial score (nSPS) is 17.9. The maximum atomic E-state index is 12.9. The summed E-state index contributed by atoms with van der Waals surface area (Å²) < 4.78 is 5.43. The van der Waals surface area contributed by atoms with Gasteiger partial charge in [-0.05, 0) is 29.3 Å². The van der Waals surface area contributed by atoms with Crippen LogP contribution in [0.4, 0.5) is 11.4 Å². The Balaban J connectivity index is 1.20. The van der Waals surface area contributed by atoms with E-state index < -0.39 is 5.91 Å². The first kappa shape index (κ1) is 23.7. The van der Waals surface area contributed by atoms with E-state index in [0.29, 0.717) is 24.7 Å². The lowest BCUT2D eigenvalue weighted by Gasteiger charge is -2.29. The number of amides is 1. The van der Waals surface area contributed by atoms with E-state index in [9.17, 15) is 4.79 Å². The Labute approximate surface area is 220 Å². The Kier molecular flexibility index (Phi) is 6.45. The summed E-state index contributed by atoms with van der Waals surface area (Å²) in [7, 11) is 0. The van der Waals surface area contributed by atoms with Crippen LogP contribution < -0.4 is 15.5 Å². The summed E-state index contributed by atoms with van der Waals surface area (Å²) in [5.41, 5.74) is 5.63. The van der Waals surface area contributed by atoms with Gasteiger partial charge in [0.05, 0.1) is 25.1 Å². The number of fused-ring (bicyclic) bond motifs is 1. The summed E-state index contributed by atoms with van der Waals surface area (Å²) in [6, 6.07) is 16.0. The molecule has 3 aliphatic heterocycles. The fourth-order valence-electron chi connectivity index (χ4n) is 4.77. The van der Waals surface area contributed by atoms with Crippen molar-refractivity contribution in [1.29, 1.82) is 5.41 Å². The van der Waals surface area contributed by atoms with Gasteiger partial charge in [-0.3, -0.25) is 15.3 Å². The Morgan fingerprint density at radius 2 is 1.84 bits per heavy atom. The summed E-state index contributed by atoms with van der Waals surface area (Å²) in [6.45, 7) is 4.47. The van der Waals surface area contributed by atoms with E-state index in [-0.39, 0.29) is 5.71 Å². The molecule has 4 N–H and O–H groups in total. The minimum Gasteiger partial charge on any atom is -0.378 e. The van der Waals surface area contributed by atoms with Crippen LogP contribution in [0.1, 0.15) is 16.7 Å². The van der Waals surface area contributed by atoms with Crippen LogP contribution in [0.25, 0.3) is 5.70 Å². The van der Waals surface area contributed by atoms with Crippen LogP contribution in [-0.4, -0.2) is 58.9 Å². The third-order valence-electron chi connectivity index (χ3n) is 6.75. The maximum absolute atomic E-state index is 12.9. The van der Waals surface area contributed by atoms with Gasteiger partial charge in [-0.25, -0.2) is 4.99 Å². The SMILES string of the molecule is N=C(/C=C1/N=C(N2Cc3ccccc3C2)C=C(c2cn[nH]c2)N1)C(=O)Nc1cccc(N2CCOCC2)c1. The first-order chi connectivity index (χ1) is 18.6. The summed E-state index contributed by atoms with van der Waals surface area (Å²) in [4.78, 5) is 22.1. The van der Waals surface area contributed by atoms with Gasteiger partial charge in [0.2, 0.25) is 0 Å². The molecule has 38 heavy (non-hydrogen) atoms. The fourth-order valence-corrected chi connectivity index (χ4v) is 4.77. The van der Waals surface area contributed by atoms with E-state index in [0.717, 1.165) is 49.0 Å². The van der Waals surface area contributed by atoms with Crippen molar-refractivity contribution in [1.82, 2.24) is 20.4 Å². The van der Waals surface area contributed by atoms with Crippen LogP contribution in [0.15, 0.2) is 83.9 Å². The van der Waals surface area contributed by atoms with Crippen LogP contribution in [-0.2, 0) is 22.6 Å². The highest BCUT2D eigenvalue weighted by Gasteiger charge is 2.24. The molecular formula is C28H28N8O2. The second-order valence-electron chi connectivity index (χ2n) is 9.31. The summed E-state index contributed by atoms with van der Waals surface area (Å²) >= 11 is 0. The molecule has 10 nitrogen and oxygen atoms in total. The van der Waals surface area contributed by atoms with Crippen LogP contribution in [0.2, 0.25) is 0 Å². The molecule has 2 aromatic carbocycles. The number of aliphatic imine (C=N–C) groups is 1. The summed E-state index contributed by atoms with van der Waals surface area (Å²) in [6.07, 6.45) is 6.93. The average molecular weight is 509 g/mol. The lowest BCUT2D eigenvalue weighted by Crippen LogP contribution is -2.36. The predicted molar refractivity (Wildman–Crippen MR) is 147 cm³/mol. The standard InChI is InChI=1S/C28H28N8O2/c29-24(28(37)32-22-6-3-7-23(12-22)35-8-10-38-11-9-35)13-26-33-25(21-15-30-31-16-21)14-27(34-26)36-17-19-4-1-2-5-20(19)18-36/h1-7,12-16,29,33H,8-11,17-18H2,(H,30,31)(H,32,37)/b26-13+,29-24?. The molecule has 3 aliphatic rings. The zero-order valence-electron chi connectivity index (χ0n) is 20.8. The first-order valence-corrected chi connectivity index (χ1v) is 12.5. The first-order valence-electron chi connectivity index (χ1n) is 12.5. The smallest absolute Gasteiger partial charge is 0.273 e. The zero-order valence-corrected chi connectivity index (χ0v) is 20.8. The van der Waals surface area contributed by atoms with Gasteiger partial charge in [-0.1, -0.05) is 30.3 Å². The Morgan fingerprint density at radius 3 is 2.58 bits per heavy atom. The molecule has 1 fully saturated rings. The molecule has 0 radical (unpaired) electrons. The molecule has 3 aromatic rings. The lowest BCUT2D eigenvalue weighted by molar-refractivity contribution is -0.110. The quantitative estimate of drug-likeness (QED) is 0.393. The molecule has 6 rings (SSSR count). The number of hydrogen-bond donors (Lipinski definition) is 4. The van der Waals surface area contributed by atoms with Crippen molar-refractivity contribution in [2.45, 2.75) is 13.1 Å². The highest BCUT2D eigenvalue weighted by atomic mass is 16.5. The third-order valence-corrected chi connectivity index (χ3v) is 6.75. The number of carbonyl (C=O) groups excluding carboxylic acids is 1. The minimum absolute atomic E-state index is 0.203. The van der Waals surface area contributed by atoms with E-state index in [1.54, 1.807) is 12.4 Å². The number of rotatable bonds is 5. The van der Waals surface area contributed by atoms with Crippen LogP contribution >= 0.6 is 0 Å². The highest BCUT2D eigenvalue weighted by molar-refractivity contribution is 6.46. The minimum atomic E-state index is -0.511. The zero-order chi connectivity index (χ0) is 25.9. The molecule has 10 heteroatoms. The topological polar surface area (TPSA) is 122 Å². The van der Waals surface area contributed by atoms with E-state index >= 15 is 0 Å². The molecule has 0 aliphatic carbocycles. The van der Waals surface area contributed by atoms with Crippen molar-refractivity contribution in [3.63, 3.8) is 0 Å².